The number of likely N-dealkylation sites (N-methyl/N-ethyl adjacent to an activating group) is 1. The maximum absolute atomic E-state index is 12.5. The molecule has 1 saturated heterocycles. The minimum atomic E-state index is -0.614. The van der Waals surface area contributed by atoms with Gasteiger partial charge in [-0.2, -0.15) is 0 Å². The fourth-order valence-electron chi connectivity index (χ4n) is 3.64. The molecule has 1 aliphatic heterocycles. The maximum atomic E-state index is 12.5. The van der Waals surface area contributed by atoms with Crippen molar-refractivity contribution in [3.8, 4) is 5.88 Å². The third kappa shape index (κ3) is 3.98. The highest BCUT2D eigenvalue weighted by molar-refractivity contribution is 9.10. The van der Waals surface area contributed by atoms with Crippen LogP contribution in [-0.2, 0) is 6.73 Å². The van der Waals surface area contributed by atoms with Crippen LogP contribution in [0.5, 0.6) is 5.88 Å². The lowest BCUT2D eigenvalue weighted by atomic mass is 10.1. The number of aliphatic hydroxyl groups is 1. The Kier molecular flexibility index (Phi) is 5.90. The van der Waals surface area contributed by atoms with Crippen LogP contribution in [0.4, 0.5) is 11.4 Å². The number of fused-ring (bicyclic) bond motifs is 1. The number of rotatable bonds is 4. The first-order chi connectivity index (χ1) is 14.5. The predicted octanol–water partition coefficient (Wildman–Crippen LogP) is 2.92. The molecule has 3 aromatic rings. The van der Waals surface area contributed by atoms with E-state index in [0.29, 0.717) is 16.3 Å². The molecule has 1 aromatic heterocycles. The molecular weight excluding hydrogens is 448 g/mol. The van der Waals surface area contributed by atoms with Crippen molar-refractivity contribution in [3.05, 3.63) is 62.9 Å². The van der Waals surface area contributed by atoms with Gasteiger partial charge in [-0.3, -0.25) is 14.4 Å². The van der Waals surface area contributed by atoms with Gasteiger partial charge in [0.25, 0.3) is 5.56 Å². The van der Waals surface area contributed by atoms with Crippen molar-refractivity contribution in [1.82, 2.24) is 9.47 Å². The van der Waals surface area contributed by atoms with Crippen molar-refractivity contribution in [1.29, 1.82) is 0 Å². The minimum Gasteiger partial charge on any atom is -0.494 e. The number of aliphatic imine (C=N–C) groups is 1. The highest BCUT2D eigenvalue weighted by Gasteiger charge is 2.16. The zero-order chi connectivity index (χ0) is 21.3. The van der Waals surface area contributed by atoms with E-state index in [-0.39, 0.29) is 5.88 Å². The Balaban J connectivity index is 1.67. The van der Waals surface area contributed by atoms with E-state index < -0.39 is 12.3 Å². The molecule has 4 rings (SSSR count). The van der Waals surface area contributed by atoms with Crippen molar-refractivity contribution in [2.75, 3.05) is 38.1 Å². The maximum Gasteiger partial charge on any atom is 0.263 e. The topological polar surface area (TPSA) is 81.3 Å². The Morgan fingerprint density at radius 1 is 1.07 bits per heavy atom. The highest BCUT2D eigenvalue weighted by atomic mass is 79.9. The summed E-state index contributed by atoms with van der Waals surface area (Å²) in [4.78, 5) is 21.7. The number of hydrogen-bond acceptors (Lipinski definition) is 6. The Hall–Kier alpha value is -2.68. The second-order valence-electron chi connectivity index (χ2n) is 7.37. The monoisotopic (exact) mass is 470 g/mol. The highest BCUT2D eigenvalue weighted by Crippen LogP contribution is 2.27. The first-order valence-corrected chi connectivity index (χ1v) is 10.5. The predicted molar refractivity (Wildman–Crippen MR) is 123 cm³/mol. The lowest BCUT2D eigenvalue weighted by Gasteiger charge is -2.34. The molecule has 2 heterocycles. The number of pyridine rings is 1. The van der Waals surface area contributed by atoms with Crippen molar-refractivity contribution >= 4 is 44.3 Å². The van der Waals surface area contributed by atoms with Crippen LogP contribution in [0.3, 0.4) is 0 Å². The second-order valence-corrected chi connectivity index (χ2v) is 8.28. The fourth-order valence-corrected chi connectivity index (χ4v) is 4.01. The summed E-state index contributed by atoms with van der Waals surface area (Å²) in [6.07, 6.45) is 1.53. The van der Waals surface area contributed by atoms with Gasteiger partial charge < -0.3 is 20.0 Å². The second kappa shape index (κ2) is 8.59. The molecule has 2 aromatic carbocycles. The van der Waals surface area contributed by atoms with Gasteiger partial charge in [0, 0.05) is 53.3 Å². The molecule has 0 atom stereocenters. The average Bonchev–Trinajstić information content (AvgIpc) is 2.75. The summed E-state index contributed by atoms with van der Waals surface area (Å²) in [6.45, 7) is 3.47. The number of anilines is 1. The Morgan fingerprint density at radius 2 is 1.77 bits per heavy atom. The number of aromatic nitrogens is 1. The molecule has 30 heavy (non-hydrogen) atoms. The van der Waals surface area contributed by atoms with Crippen LogP contribution in [0.2, 0.25) is 0 Å². The molecule has 1 fully saturated rings. The van der Waals surface area contributed by atoms with Crippen molar-refractivity contribution in [2.24, 2.45) is 4.99 Å². The number of halogens is 1. The minimum absolute atomic E-state index is 0.314. The van der Waals surface area contributed by atoms with Gasteiger partial charge in [-0.25, -0.2) is 0 Å². The third-order valence-electron chi connectivity index (χ3n) is 5.45. The third-order valence-corrected chi connectivity index (χ3v) is 5.94. The molecule has 156 valence electrons. The van der Waals surface area contributed by atoms with Crippen LogP contribution in [0, 0.1) is 0 Å². The van der Waals surface area contributed by atoms with Crippen molar-refractivity contribution < 1.29 is 10.2 Å². The quantitative estimate of drug-likeness (QED) is 0.572. The largest absolute Gasteiger partial charge is 0.494 e. The summed E-state index contributed by atoms with van der Waals surface area (Å²) < 4.78 is 1.70. The number of aliphatic hydroxyl groups excluding tert-OH is 1. The lowest BCUT2D eigenvalue weighted by molar-refractivity contribution is 0.191. The first kappa shape index (κ1) is 20.6. The van der Waals surface area contributed by atoms with Crippen molar-refractivity contribution in [2.45, 2.75) is 6.73 Å². The summed E-state index contributed by atoms with van der Waals surface area (Å²) in [7, 11) is 2.13. The Morgan fingerprint density at radius 3 is 2.43 bits per heavy atom. The lowest BCUT2D eigenvalue weighted by Crippen LogP contribution is -2.44. The number of benzene rings is 2. The van der Waals surface area contributed by atoms with Crippen LogP contribution in [0.15, 0.2) is 56.7 Å². The zero-order valence-electron chi connectivity index (χ0n) is 16.6. The molecule has 0 radical (unpaired) electrons. The van der Waals surface area contributed by atoms with E-state index in [9.17, 15) is 15.0 Å². The van der Waals surface area contributed by atoms with E-state index in [4.69, 9.17) is 0 Å². The first-order valence-electron chi connectivity index (χ1n) is 9.71. The van der Waals surface area contributed by atoms with Gasteiger partial charge in [0.15, 0.2) is 0 Å². The van der Waals surface area contributed by atoms with E-state index in [1.54, 1.807) is 18.2 Å². The Bertz CT molecular complexity index is 1150. The van der Waals surface area contributed by atoms with Gasteiger partial charge in [-0.15, -0.1) is 0 Å². The van der Waals surface area contributed by atoms with Gasteiger partial charge in [-0.1, -0.05) is 15.9 Å². The molecule has 0 amide bonds. The van der Waals surface area contributed by atoms with Crippen LogP contribution >= 0.6 is 15.9 Å². The molecule has 2 N–H and O–H groups in total. The van der Waals surface area contributed by atoms with Crippen LogP contribution in [-0.4, -0.2) is 59.1 Å². The van der Waals surface area contributed by atoms with Crippen molar-refractivity contribution in [3.63, 3.8) is 0 Å². The molecular formula is C22H23BrN4O3. The molecule has 8 heteroatoms. The summed E-state index contributed by atoms with van der Waals surface area (Å²) in [5.41, 5.74) is 1.82. The SMILES string of the molecule is CN1CCN(c2ccc(N=Cc3c(O)n(CO)c(=O)c4ccc(Br)cc34)cc2)CC1. The Labute approximate surface area is 182 Å². The van der Waals surface area contributed by atoms with Crippen LogP contribution < -0.4 is 10.5 Å². The summed E-state index contributed by atoms with van der Waals surface area (Å²) in [5.74, 6) is -0.314. The molecule has 0 aliphatic carbocycles. The van der Waals surface area contributed by atoms with Gasteiger partial charge in [0.05, 0.1) is 11.3 Å². The molecule has 7 nitrogen and oxygen atoms in total. The van der Waals surface area contributed by atoms with Gasteiger partial charge in [-0.05, 0) is 49.5 Å². The molecule has 0 saturated carbocycles. The number of nitrogens with zero attached hydrogens (tertiary/aromatic N) is 4. The van der Waals surface area contributed by atoms with E-state index in [2.05, 4.69) is 37.8 Å². The smallest absolute Gasteiger partial charge is 0.263 e. The summed E-state index contributed by atoms with van der Waals surface area (Å²) in [5, 5.41) is 21.1. The van der Waals surface area contributed by atoms with Gasteiger partial charge in [0.2, 0.25) is 5.88 Å². The van der Waals surface area contributed by atoms with Crippen LogP contribution in [0.1, 0.15) is 5.56 Å². The molecule has 0 spiro atoms. The summed E-state index contributed by atoms with van der Waals surface area (Å²) in [6, 6.07) is 13.1. The molecule has 1 aliphatic rings. The fraction of sp³-hybridized carbons (Fsp3) is 0.273. The number of piperazine rings is 1. The van der Waals surface area contributed by atoms with E-state index in [1.807, 2.05) is 24.3 Å². The zero-order valence-corrected chi connectivity index (χ0v) is 18.2. The summed E-state index contributed by atoms with van der Waals surface area (Å²) >= 11 is 3.40. The van der Waals surface area contributed by atoms with Crippen LogP contribution in [0.25, 0.3) is 10.8 Å². The van der Waals surface area contributed by atoms with Gasteiger partial charge >= 0.3 is 0 Å². The standard InChI is InChI=1S/C22H23BrN4O3/c1-25-8-10-26(11-9-25)17-5-3-16(4-6-17)24-13-20-19-12-15(23)2-7-18(19)21(29)27(14-28)22(20)30/h2-7,12-13,28,30H,8-11,14H2,1H3. The number of hydrogen-bond donors (Lipinski definition) is 2. The average molecular weight is 471 g/mol. The molecule has 0 unspecified atom stereocenters. The van der Waals surface area contributed by atoms with E-state index >= 15 is 0 Å². The van der Waals surface area contributed by atoms with E-state index in [0.717, 1.165) is 46.6 Å². The number of aromatic hydroxyl groups is 1. The normalized spacial score (nSPS) is 15.4. The van der Waals surface area contributed by atoms with Gasteiger partial charge in [0.1, 0.15) is 6.73 Å². The molecule has 0 bridgehead atoms. The van der Waals surface area contributed by atoms with E-state index in [1.165, 1.54) is 6.21 Å².